The molecule has 0 unspecified atom stereocenters. The van der Waals surface area contributed by atoms with Crippen LogP contribution >= 0.6 is 0 Å². The van der Waals surface area contributed by atoms with Gasteiger partial charge in [-0.05, 0) is 6.92 Å². The summed E-state index contributed by atoms with van der Waals surface area (Å²) in [6.45, 7) is 1.83. The van der Waals surface area contributed by atoms with Gasteiger partial charge in [-0.1, -0.05) is 40.6 Å². The van der Waals surface area contributed by atoms with Gasteiger partial charge >= 0.3 is 0 Å². The SMILES string of the molecule is Cc1cc(C[S@](=O)Cc2cc(-c3ccccc3)on2)on1. The first-order valence-corrected chi connectivity index (χ1v) is 7.98. The van der Waals surface area contributed by atoms with Crippen LogP contribution in [0.25, 0.3) is 11.3 Å². The van der Waals surface area contributed by atoms with E-state index in [0.29, 0.717) is 28.7 Å². The van der Waals surface area contributed by atoms with E-state index in [0.717, 1.165) is 11.3 Å². The minimum atomic E-state index is -1.11. The minimum absolute atomic E-state index is 0.328. The predicted octanol–water partition coefficient (Wildman–Crippen LogP) is 3.09. The van der Waals surface area contributed by atoms with Crippen LogP contribution in [0.15, 0.2) is 51.5 Å². The number of hydrogen-bond acceptors (Lipinski definition) is 5. The van der Waals surface area contributed by atoms with Crippen molar-refractivity contribution >= 4 is 10.8 Å². The van der Waals surface area contributed by atoms with E-state index in [9.17, 15) is 4.21 Å². The third-order valence-corrected chi connectivity index (χ3v) is 4.13. The van der Waals surface area contributed by atoms with Gasteiger partial charge in [0.15, 0.2) is 5.76 Å². The Bertz CT molecular complexity index is 749. The predicted molar refractivity (Wildman–Crippen MR) is 78.7 cm³/mol. The van der Waals surface area contributed by atoms with Crippen molar-refractivity contribution in [3.05, 3.63) is 59.6 Å². The topological polar surface area (TPSA) is 69.1 Å². The molecule has 0 bridgehead atoms. The molecule has 3 aromatic rings. The Hall–Kier alpha value is -2.21. The van der Waals surface area contributed by atoms with E-state index >= 15 is 0 Å². The van der Waals surface area contributed by atoms with Gasteiger partial charge in [-0.15, -0.1) is 0 Å². The summed E-state index contributed by atoms with van der Waals surface area (Å²) < 4.78 is 22.4. The second-order valence-electron chi connectivity index (χ2n) is 4.71. The second kappa shape index (κ2) is 6.05. The third-order valence-electron chi connectivity index (χ3n) is 2.91. The summed E-state index contributed by atoms with van der Waals surface area (Å²) in [7, 11) is -1.11. The number of benzene rings is 1. The molecule has 0 amide bonds. The Morgan fingerprint density at radius 3 is 2.57 bits per heavy atom. The van der Waals surface area contributed by atoms with Crippen LogP contribution in [0.4, 0.5) is 0 Å². The number of aromatic nitrogens is 2. The quantitative estimate of drug-likeness (QED) is 0.724. The highest BCUT2D eigenvalue weighted by Crippen LogP contribution is 2.20. The summed E-state index contributed by atoms with van der Waals surface area (Å²) in [4.78, 5) is 0. The van der Waals surface area contributed by atoms with Gasteiger partial charge in [-0.25, -0.2) is 0 Å². The van der Waals surface area contributed by atoms with Crippen LogP contribution in [-0.4, -0.2) is 14.5 Å². The standard InChI is InChI=1S/C15H14N2O3S/c1-11-7-14(19-16-11)10-21(18)9-13-8-15(20-17-13)12-5-3-2-4-6-12/h2-8H,9-10H2,1H3/t21-/m1/s1. The molecule has 5 nitrogen and oxygen atoms in total. The summed E-state index contributed by atoms with van der Waals surface area (Å²) in [5, 5.41) is 7.74. The van der Waals surface area contributed by atoms with Gasteiger partial charge < -0.3 is 9.05 Å². The normalized spacial score (nSPS) is 12.4. The van der Waals surface area contributed by atoms with E-state index in [2.05, 4.69) is 10.3 Å². The highest BCUT2D eigenvalue weighted by atomic mass is 32.2. The van der Waals surface area contributed by atoms with Crippen LogP contribution in [0.2, 0.25) is 0 Å². The fourth-order valence-electron chi connectivity index (χ4n) is 1.98. The lowest BCUT2D eigenvalue weighted by atomic mass is 10.2. The average Bonchev–Trinajstić information content (AvgIpc) is 3.09. The third kappa shape index (κ3) is 3.46. The number of aryl methyl sites for hydroxylation is 1. The molecular formula is C15H14N2O3S. The molecule has 3 rings (SSSR count). The fraction of sp³-hybridized carbons (Fsp3) is 0.200. The first-order chi connectivity index (χ1) is 10.2. The Balaban J connectivity index is 1.66. The summed E-state index contributed by atoms with van der Waals surface area (Å²) in [6, 6.07) is 13.3. The van der Waals surface area contributed by atoms with E-state index in [1.54, 1.807) is 6.07 Å². The molecule has 2 aromatic heterocycles. The maximum atomic E-state index is 12.1. The van der Waals surface area contributed by atoms with Crippen LogP contribution in [0, 0.1) is 6.92 Å². The molecule has 0 radical (unpaired) electrons. The maximum Gasteiger partial charge on any atom is 0.167 e. The molecule has 21 heavy (non-hydrogen) atoms. The van der Waals surface area contributed by atoms with Crippen LogP contribution in [0.5, 0.6) is 0 Å². The van der Waals surface area contributed by atoms with E-state index in [-0.39, 0.29) is 0 Å². The molecule has 0 aliphatic rings. The Morgan fingerprint density at radius 2 is 1.86 bits per heavy atom. The van der Waals surface area contributed by atoms with Gasteiger partial charge in [-0.2, -0.15) is 0 Å². The summed E-state index contributed by atoms with van der Waals surface area (Å²) in [5.74, 6) is 1.96. The van der Waals surface area contributed by atoms with Crippen molar-refractivity contribution in [2.24, 2.45) is 0 Å². The van der Waals surface area contributed by atoms with Gasteiger partial charge in [-0.3, -0.25) is 4.21 Å². The fourth-order valence-corrected chi connectivity index (χ4v) is 3.00. The molecule has 0 N–H and O–H groups in total. The molecule has 0 spiro atoms. The number of rotatable bonds is 5. The van der Waals surface area contributed by atoms with Gasteiger partial charge in [0.05, 0.1) is 22.9 Å². The van der Waals surface area contributed by atoms with E-state index in [4.69, 9.17) is 9.05 Å². The van der Waals surface area contributed by atoms with Gasteiger partial charge in [0.25, 0.3) is 0 Å². The largest absolute Gasteiger partial charge is 0.360 e. The number of nitrogens with zero attached hydrogens (tertiary/aromatic N) is 2. The molecule has 1 aromatic carbocycles. The van der Waals surface area contributed by atoms with Gasteiger partial charge in [0, 0.05) is 28.5 Å². The molecule has 2 heterocycles. The van der Waals surface area contributed by atoms with Crippen molar-refractivity contribution in [2.45, 2.75) is 18.4 Å². The smallest absolute Gasteiger partial charge is 0.167 e. The first kappa shape index (κ1) is 13.8. The highest BCUT2D eigenvalue weighted by Gasteiger charge is 2.12. The lowest BCUT2D eigenvalue weighted by molar-refractivity contribution is 0.390. The minimum Gasteiger partial charge on any atom is -0.360 e. The van der Waals surface area contributed by atoms with Crippen LogP contribution in [0.3, 0.4) is 0 Å². The Labute approximate surface area is 124 Å². The van der Waals surface area contributed by atoms with Crippen LogP contribution in [-0.2, 0) is 22.3 Å². The summed E-state index contributed by atoms with van der Waals surface area (Å²) in [6.07, 6.45) is 0. The number of hydrogen-bond donors (Lipinski definition) is 0. The lowest BCUT2D eigenvalue weighted by Crippen LogP contribution is -1.98. The van der Waals surface area contributed by atoms with Crippen molar-refractivity contribution in [1.29, 1.82) is 0 Å². The molecule has 1 atom stereocenters. The highest BCUT2D eigenvalue weighted by molar-refractivity contribution is 7.83. The van der Waals surface area contributed by atoms with E-state index < -0.39 is 10.8 Å². The van der Waals surface area contributed by atoms with Crippen molar-refractivity contribution in [1.82, 2.24) is 10.3 Å². The van der Waals surface area contributed by atoms with Crippen LogP contribution in [0.1, 0.15) is 17.1 Å². The zero-order chi connectivity index (χ0) is 14.7. The van der Waals surface area contributed by atoms with Gasteiger partial charge in [0.1, 0.15) is 5.76 Å². The molecule has 6 heteroatoms. The summed E-state index contributed by atoms with van der Waals surface area (Å²) >= 11 is 0. The zero-order valence-electron chi connectivity index (χ0n) is 11.5. The van der Waals surface area contributed by atoms with Crippen molar-refractivity contribution in [2.75, 3.05) is 0 Å². The lowest BCUT2D eigenvalue weighted by Gasteiger charge is -1.95. The Morgan fingerprint density at radius 1 is 1.05 bits per heavy atom. The molecule has 0 aliphatic carbocycles. The van der Waals surface area contributed by atoms with Crippen molar-refractivity contribution < 1.29 is 13.3 Å². The molecule has 108 valence electrons. The molecular weight excluding hydrogens is 288 g/mol. The Kier molecular flexibility index (Phi) is 3.96. The molecule has 0 saturated heterocycles. The first-order valence-electron chi connectivity index (χ1n) is 6.49. The second-order valence-corrected chi connectivity index (χ2v) is 6.17. The van der Waals surface area contributed by atoms with Crippen molar-refractivity contribution in [3.63, 3.8) is 0 Å². The molecule has 0 aliphatic heterocycles. The average molecular weight is 302 g/mol. The van der Waals surface area contributed by atoms with E-state index in [1.807, 2.05) is 43.3 Å². The van der Waals surface area contributed by atoms with Crippen molar-refractivity contribution in [3.8, 4) is 11.3 Å². The molecule has 0 fully saturated rings. The van der Waals surface area contributed by atoms with Gasteiger partial charge in [0.2, 0.25) is 0 Å². The summed E-state index contributed by atoms with van der Waals surface area (Å²) in [5.41, 5.74) is 2.41. The zero-order valence-corrected chi connectivity index (χ0v) is 12.3. The maximum absolute atomic E-state index is 12.1. The monoisotopic (exact) mass is 302 g/mol. The van der Waals surface area contributed by atoms with E-state index in [1.165, 1.54) is 0 Å². The van der Waals surface area contributed by atoms with Crippen LogP contribution < -0.4 is 0 Å². The molecule has 0 saturated carbocycles.